The molecule has 2 N–H and O–H groups in total. The molecule has 0 aliphatic carbocycles. The second-order valence-electron chi connectivity index (χ2n) is 11.1. The number of hydrogen-bond acceptors (Lipinski definition) is 7. The molecule has 2 bridgehead atoms. The molecule has 10 heteroatoms. The van der Waals surface area contributed by atoms with Gasteiger partial charge in [0.2, 0.25) is 0 Å². The van der Waals surface area contributed by atoms with Crippen molar-refractivity contribution in [2.75, 3.05) is 44.2 Å². The van der Waals surface area contributed by atoms with Gasteiger partial charge in [0.25, 0.3) is 5.92 Å². The summed E-state index contributed by atoms with van der Waals surface area (Å²) in [6.07, 6.45) is 2.00. The van der Waals surface area contributed by atoms with E-state index in [1.165, 1.54) is 0 Å². The molecule has 3 saturated heterocycles. The van der Waals surface area contributed by atoms with Crippen LogP contribution in [0.2, 0.25) is 0 Å². The lowest BCUT2D eigenvalue weighted by Gasteiger charge is -2.34. The van der Waals surface area contributed by atoms with E-state index in [9.17, 15) is 13.9 Å². The van der Waals surface area contributed by atoms with Crippen molar-refractivity contribution in [1.82, 2.24) is 20.2 Å². The third-order valence-electron chi connectivity index (χ3n) is 8.31. The lowest BCUT2D eigenvalue weighted by atomic mass is 9.96. The van der Waals surface area contributed by atoms with Crippen LogP contribution in [0, 0.1) is 5.82 Å². The summed E-state index contributed by atoms with van der Waals surface area (Å²) in [7, 11) is 0. The molecule has 0 amide bonds. The fraction of sp³-hybridized carbons (Fsp3) is 0.400. The van der Waals surface area contributed by atoms with Crippen molar-refractivity contribution >= 4 is 27.5 Å². The first kappa shape index (κ1) is 25.3. The number of phenolic OH excluding ortho intramolecular Hbond substituents is 1. The molecule has 0 spiro atoms. The molecular weight excluding hydrogens is 519 g/mol. The average Bonchev–Trinajstić information content (AvgIpc) is 3.47. The Hall–Kier alpha value is -3.63. The zero-order valence-corrected chi connectivity index (χ0v) is 21.9. The average molecular weight is 550 g/mol. The van der Waals surface area contributed by atoms with Crippen LogP contribution >= 0.6 is 0 Å². The quantitative estimate of drug-likeness (QED) is 0.353. The number of alkyl halides is 2. The highest BCUT2D eigenvalue weighted by atomic mass is 19.3. The van der Waals surface area contributed by atoms with Crippen molar-refractivity contribution in [2.45, 2.75) is 37.3 Å². The van der Waals surface area contributed by atoms with Crippen LogP contribution in [0.15, 0.2) is 48.5 Å². The summed E-state index contributed by atoms with van der Waals surface area (Å²) < 4.78 is 49.5. The van der Waals surface area contributed by atoms with E-state index < -0.39 is 11.7 Å². The molecule has 2 atom stereocenters. The number of likely N-dealkylation sites (tertiary alicyclic amines) is 1. The van der Waals surface area contributed by atoms with Crippen LogP contribution < -0.4 is 15.0 Å². The van der Waals surface area contributed by atoms with Gasteiger partial charge in [0, 0.05) is 55.6 Å². The molecular formula is C30H30F3N5O2. The molecule has 0 radical (unpaired) electrons. The fourth-order valence-corrected chi connectivity index (χ4v) is 6.39. The van der Waals surface area contributed by atoms with Gasteiger partial charge in [-0.3, -0.25) is 4.90 Å². The van der Waals surface area contributed by atoms with E-state index in [-0.39, 0.29) is 36.8 Å². The van der Waals surface area contributed by atoms with E-state index in [2.05, 4.69) is 15.2 Å². The van der Waals surface area contributed by atoms with Crippen molar-refractivity contribution in [2.24, 2.45) is 0 Å². The minimum Gasteiger partial charge on any atom is -0.508 e. The van der Waals surface area contributed by atoms with E-state index >= 15 is 4.39 Å². The molecule has 0 saturated carbocycles. The van der Waals surface area contributed by atoms with Crippen LogP contribution in [-0.4, -0.2) is 77.3 Å². The van der Waals surface area contributed by atoms with Gasteiger partial charge in [-0.05, 0) is 47.4 Å². The summed E-state index contributed by atoms with van der Waals surface area (Å²) >= 11 is 0. The van der Waals surface area contributed by atoms with Gasteiger partial charge >= 0.3 is 6.01 Å². The lowest BCUT2D eigenvalue weighted by molar-refractivity contribution is 0.0112. The van der Waals surface area contributed by atoms with E-state index in [0.29, 0.717) is 47.5 Å². The smallest absolute Gasteiger partial charge is 0.319 e. The molecule has 7 nitrogen and oxygen atoms in total. The van der Waals surface area contributed by atoms with Crippen molar-refractivity contribution in [3.63, 3.8) is 0 Å². The zero-order valence-electron chi connectivity index (χ0n) is 21.9. The fourth-order valence-electron chi connectivity index (χ4n) is 6.39. The Balaban J connectivity index is 1.29. The summed E-state index contributed by atoms with van der Waals surface area (Å²) in [4.78, 5) is 13.0. The number of halogens is 3. The summed E-state index contributed by atoms with van der Waals surface area (Å²) in [6.45, 7) is 1.92. The van der Waals surface area contributed by atoms with E-state index in [4.69, 9.17) is 9.72 Å². The zero-order chi connectivity index (χ0) is 27.4. The van der Waals surface area contributed by atoms with E-state index in [1.807, 2.05) is 30.3 Å². The first-order chi connectivity index (χ1) is 19.3. The Labute approximate surface area is 229 Å². The molecule has 4 aromatic rings. The minimum absolute atomic E-state index is 0.0242. The third kappa shape index (κ3) is 4.69. The maximum absolute atomic E-state index is 16.4. The van der Waals surface area contributed by atoms with Crippen LogP contribution in [-0.2, 0) is 0 Å². The number of nitrogens with zero attached hydrogens (tertiary/aromatic N) is 4. The standard InChI is InChI=1S/C30H30F3N5O2/c31-26-23(25-14-21(39)13-18-3-1-2-4-22(18)25)7-8-24-27(26)35-29(40-12-11-37-10-9-30(32,33)17-37)36-28(24)38-15-19-5-6-20(16-38)34-19/h1-4,7-8,13-14,19-20,34,39H,5-6,9-12,15-17H2/t19-,20+. The predicted octanol–water partition coefficient (Wildman–Crippen LogP) is 4.96. The largest absolute Gasteiger partial charge is 0.508 e. The predicted molar refractivity (Wildman–Crippen MR) is 148 cm³/mol. The first-order valence-electron chi connectivity index (χ1n) is 13.8. The number of aromatic nitrogens is 2. The van der Waals surface area contributed by atoms with Crippen LogP contribution in [0.4, 0.5) is 19.0 Å². The normalized spacial score (nSPS) is 22.4. The van der Waals surface area contributed by atoms with Gasteiger partial charge in [-0.2, -0.15) is 9.97 Å². The molecule has 3 fully saturated rings. The highest BCUT2D eigenvalue weighted by Gasteiger charge is 2.38. The van der Waals surface area contributed by atoms with Gasteiger partial charge in [-0.1, -0.05) is 30.3 Å². The maximum Gasteiger partial charge on any atom is 0.319 e. The van der Waals surface area contributed by atoms with Gasteiger partial charge in [-0.25, -0.2) is 13.2 Å². The van der Waals surface area contributed by atoms with Gasteiger partial charge < -0.3 is 20.1 Å². The monoisotopic (exact) mass is 549 g/mol. The number of aromatic hydroxyl groups is 1. The Morgan fingerprint density at radius 3 is 2.58 bits per heavy atom. The Morgan fingerprint density at radius 1 is 1.00 bits per heavy atom. The van der Waals surface area contributed by atoms with Crippen LogP contribution in [0.1, 0.15) is 19.3 Å². The number of phenols is 1. The third-order valence-corrected chi connectivity index (χ3v) is 8.31. The molecule has 4 heterocycles. The number of ether oxygens (including phenoxy) is 1. The maximum atomic E-state index is 16.4. The van der Waals surface area contributed by atoms with Crippen molar-refractivity contribution in [1.29, 1.82) is 0 Å². The van der Waals surface area contributed by atoms with Gasteiger partial charge in [-0.15, -0.1) is 0 Å². The van der Waals surface area contributed by atoms with Crippen LogP contribution in [0.3, 0.4) is 0 Å². The lowest BCUT2D eigenvalue weighted by Crippen LogP contribution is -2.51. The molecule has 7 rings (SSSR count). The molecule has 3 aliphatic rings. The number of rotatable bonds is 6. The summed E-state index contributed by atoms with van der Waals surface area (Å²) in [5.74, 6) is -2.55. The van der Waals surface area contributed by atoms with Crippen molar-refractivity contribution in [3.8, 4) is 22.9 Å². The molecule has 208 valence electrons. The molecule has 3 aromatic carbocycles. The number of nitrogens with one attached hydrogen (secondary N) is 1. The number of hydrogen-bond donors (Lipinski definition) is 2. The van der Waals surface area contributed by atoms with Crippen molar-refractivity contribution in [3.05, 3.63) is 54.3 Å². The van der Waals surface area contributed by atoms with E-state index in [1.54, 1.807) is 23.1 Å². The molecule has 3 aliphatic heterocycles. The minimum atomic E-state index is -2.68. The van der Waals surface area contributed by atoms with Gasteiger partial charge in [0.05, 0.1) is 6.54 Å². The highest BCUT2D eigenvalue weighted by Crippen LogP contribution is 2.39. The first-order valence-corrected chi connectivity index (χ1v) is 13.8. The van der Waals surface area contributed by atoms with Crippen LogP contribution in [0.25, 0.3) is 32.8 Å². The summed E-state index contributed by atoms with van der Waals surface area (Å²) in [5, 5.41) is 16.2. The molecule has 40 heavy (non-hydrogen) atoms. The topological polar surface area (TPSA) is 73.8 Å². The molecule has 0 unspecified atom stereocenters. The summed E-state index contributed by atoms with van der Waals surface area (Å²) in [6, 6.07) is 15.0. The Morgan fingerprint density at radius 2 is 1.80 bits per heavy atom. The molecule has 1 aromatic heterocycles. The van der Waals surface area contributed by atoms with Crippen molar-refractivity contribution < 1.29 is 23.0 Å². The Bertz CT molecular complexity index is 1590. The summed E-state index contributed by atoms with van der Waals surface area (Å²) in [5.41, 5.74) is 1.01. The number of anilines is 1. The Kier molecular flexibility index (Phi) is 6.20. The van der Waals surface area contributed by atoms with Gasteiger partial charge in [0.1, 0.15) is 23.7 Å². The second-order valence-corrected chi connectivity index (χ2v) is 11.1. The number of fused-ring (bicyclic) bond motifs is 4. The number of piperazine rings is 1. The number of benzene rings is 3. The second kappa shape index (κ2) is 9.78. The van der Waals surface area contributed by atoms with E-state index in [0.717, 1.165) is 36.7 Å². The van der Waals surface area contributed by atoms with Crippen LogP contribution in [0.5, 0.6) is 11.8 Å². The highest BCUT2D eigenvalue weighted by molar-refractivity contribution is 6.01. The SMILES string of the molecule is Oc1cc(-c2ccc3c(N4C[C@H]5CC[C@@H](C4)N5)nc(OCCN4CCC(F)(F)C4)nc3c2F)c2ccccc2c1. The van der Waals surface area contributed by atoms with Gasteiger partial charge in [0.15, 0.2) is 5.82 Å².